The summed E-state index contributed by atoms with van der Waals surface area (Å²) in [5.41, 5.74) is 0. The highest BCUT2D eigenvalue weighted by Crippen LogP contribution is 2.20. The van der Waals surface area contributed by atoms with Gasteiger partial charge < -0.3 is 5.32 Å². The molecule has 1 saturated heterocycles. The molecule has 0 spiro atoms. The summed E-state index contributed by atoms with van der Waals surface area (Å²) in [6, 6.07) is 0. The Morgan fingerprint density at radius 1 is 1.42 bits per heavy atom. The molecule has 1 N–H and O–H groups in total. The highest BCUT2D eigenvalue weighted by Gasteiger charge is 2.16. The van der Waals surface area contributed by atoms with Gasteiger partial charge in [-0.1, -0.05) is 19.1 Å². The lowest BCUT2D eigenvalue weighted by Gasteiger charge is -2.27. The van der Waals surface area contributed by atoms with E-state index in [9.17, 15) is 0 Å². The molecule has 2 atom stereocenters. The van der Waals surface area contributed by atoms with Gasteiger partial charge in [0.25, 0.3) is 0 Å². The fourth-order valence-corrected chi connectivity index (χ4v) is 1.99. The monoisotopic (exact) mass is 167 g/mol. The smallest absolute Gasteiger partial charge is 0.00202 e. The van der Waals surface area contributed by atoms with E-state index >= 15 is 0 Å². The Kier molecular flexibility index (Phi) is 4.37. The van der Waals surface area contributed by atoms with Crippen molar-refractivity contribution in [1.82, 2.24) is 5.32 Å². The lowest BCUT2D eigenvalue weighted by molar-refractivity contribution is 0.290. The largest absolute Gasteiger partial charge is 0.316 e. The van der Waals surface area contributed by atoms with Gasteiger partial charge >= 0.3 is 0 Å². The summed E-state index contributed by atoms with van der Waals surface area (Å²) in [7, 11) is 0. The van der Waals surface area contributed by atoms with Gasteiger partial charge in [0.1, 0.15) is 0 Å². The summed E-state index contributed by atoms with van der Waals surface area (Å²) >= 11 is 0. The zero-order valence-electron chi connectivity index (χ0n) is 8.34. The zero-order valence-corrected chi connectivity index (χ0v) is 8.34. The lowest BCUT2D eigenvalue weighted by atomic mass is 9.88. The minimum atomic E-state index is 0.884. The average molecular weight is 167 g/mol. The molecule has 1 fully saturated rings. The Bertz CT molecular complexity index is 140. The maximum absolute atomic E-state index is 3.49. The van der Waals surface area contributed by atoms with E-state index in [0.717, 1.165) is 11.8 Å². The number of nitrogens with one attached hydrogen (secondary N) is 1. The number of piperidine rings is 1. The third-order valence-corrected chi connectivity index (χ3v) is 2.64. The van der Waals surface area contributed by atoms with E-state index in [0.29, 0.717) is 0 Å². The van der Waals surface area contributed by atoms with E-state index < -0.39 is 0 Å². The van der Waals surface area contributed by atoms with Crippen LogP contribution in [0.3, 0.4) is 0 Å². The predicted octanol–water partition coefficient (Wildman–Crippen LogP) is 2.59. The zero-order chi connectivity index (χ0) is 8.81. The van der Waals surface area contributed by atoms with E-state index in [1.165, 1.54) is 32.4 Å². The van der Waals surface area contributed by atoms with E-state index in [1.54, 1.807) is 0 Å². The Labute approximate surface area is 76.2 Å². The van der Waals surface area contributed by atoms with Crippen molar-refractivity contribution in [3.63, 3.8) is 0 Å². The fourth-order valence-electron chi connectivity index (χ4n) is 1.99. The molecule has 1 rings (SSSR count). The third kappa shape index (κ3) is 3.40. The molecule has 1 nitrogen and oxygen atoms in total. The van der Waals surface area contributed by atoms with E-state index in [-0.39, 0.29) is 0 Å². The molecule has 1 heterocycles. The summed E-state index contributed by atoms with van der Waals surface area (Å²) in [5, 5.41) is 3.49. The van der Waals surface area contributed by atoms with Gasteiger partial charge in [-0.05, 0) is 51.1 Å². The Morgan fingerprint density at radius 2 is 2.25 bits per heavy atom. The van der Waals surface area contributed by atoms with Gasteiger partial charge in [0.2, 0.25) is 0 Å². The third-order valence-electron chi connectivity index (χ3n) is 2.64. The number of allylic oxidation sites excluding steroid dienone is 2. The topological polar surface area (TPSA) is 12.0 Å². The van der Waals surface area contributed by atoms with E-state index in [4.69, 9.17) is 0 Å². The molecule has 1 aliphatic rings. The van der Waals surface area contributed by atoms with Crippen LogP contribution in [0.5, 0.6) is 0 Å². The summed E-state index contributed by atoms with van der Waals surface area (Å²) in [4.78, 5) is 0. The molecular weight excluding hydrogens is 146 g/mol. The van der Waals surface area contributed by atoms with Crippen LogP contribution in [0, 0.1) is 11.8 Å². The van der Waals surface area contributed by atoms with Crippen LogP contribution in [0.4, 0.5) is 0 Å². The van der Waals surface area contributed by atoms with Crippen LogP contribution in [0.25, 0.3) is 0 Å². The van der Waals surface area contributed by atoms with Gasteiger partial charge in [0.15, 0.2) is 0 Å². The molecule has 0 saturated carbocycles. The van der Waals surface area contributed by atoms with Crippen LogP contribution >= 0.6 is 0 Å². The van der Waals surface area contributed by atoms with Crippen LogP contribution in [0.15, 0.2) is 12.2 Å². The molecule has 1 heteroatoms. The number of hydrogen-bond donors (Lipinski definition) is 1. The lowest BCUT2D eigenvalue weighted by Crippen LogP contribution is -2.34. The number of rotatable bonds is 3. The van der Waals surface area contributed by atoms with Crippen LogP contribution in [-0.4, -0.2) is 13.1 Å². The molecule has 0 aromatic rings. The molecule has 0 bridgehead atoms. The summed E-state index contributed by atoms with van der Waals surface area (Å²) in [6.45, 7) is 6.90. The molecular formula is C11H21N. The SMILES string of the molecule is C/C=C\CCC1CNCC(C)C1. The van der Waals surface area contributed by atoms with Crippen molar-refractivity contribution in [1.29, 1.82) is 0 Å². The number of hydrogen-bond acceptors (Lipinski definition) is 1. The van der Waals surface area contributed by atoms with Crippen molar-refractivity contribution in [2.75, 3.05) is 13.1 Å². The minimum absolute atomic E-state index is 0.884. The van der Waals surface area contributed by atoms with Gasteiger partial charge in [-0.25, -0.2) is 0 Å². The Balaban J connectivity index is 2.14. The molecule has 0 aromatic heterocycles. The second-order valence-electron chi connectivity index (χ2n) is 4.01. The Hall–Kier alpha value is -0.300. The maximum Gasteiger partial charge on any atom is -0.00202 e. The van der Waals surface area contributed by atoms with E-state index in [1.807, 2.05) is 0 Å². The highest BCUT2D eigenvalue weighted by molar-refractivity contribution is 4.80. The average Bonchev–Trinajstić information content (AvgIpc) is 2.05. The molecule has 0 aromatic carbocycles. The molecule has 0 aliphatic carbocycles. The van der Waals surface area contributed by atoms with Crippen molar-refractivity contribution >= 4 is 0 Å². The van der Waals surface area contributed by atoms with Crippen molar-refractivity contribution in [3.05, 3.63) is 12.2 Å². The first-order chi connectivity index (χ1) is 5.83. The second kappa shape index (κ2) is 5.36. The summed E-state index contributed by atoms with van der Waals surface area (Å²) in [6.07, 6.45) is 8.47. The maximum atomic E-state index is 3.49. The van der Waals surface area contributed by atoms with Gasteiger partial charge in [0, 0.05) is 0 Å². The first-order valence-electron chi connectivity index (χ1n) is 5.14. The highest BCUT2D eigenvalue weighted by atomic mass is 14.9. The van der Waals surface area contributed by atoms with Crippen molar-refractivity contribution in [3.8, 4) is 0 Å². The standard InChI is InChI=1S/C11H21N/c1-3-4-5-6-11-7-10(2)8-12-9-11/h3-4,10-12H,5-9H2,1-2H3/b4-3-. The van der Waals surface area contributed by atoms with Crippen molar-refractivity contribution in [2.45, 2.75) is 33.1 Å². The summed E-state index contributed by atoms with van der Waals surface area (Å²) in [5.74, 6) is 1.80. The van der Waals surface area contributed by atoms with Crippen LogP contribution in [0.1, 0.15) is 33.1 Å². The molecule has 0 amide bonds. The van der Waals surface area contributed by atoms with Gasteiger partial charge in [-0.3, -0.25) is 0 Å². The van der Waals surface area contributed by atoms with Crippen LogP contribution < -0.4 is 5.32 Å². The van der Waals surface area contributed by atoms with Crippen LogP contribution in [-0.2, 0) is 0 Å². The molecule has 0 radical (unpaired) electrons. The van der Waals surface area contributed by atoms with Crippen molar-refractivity contribution < 1.29 is 0 Å². The molecule has 1 aliphatic heterocycles. The van der Waals surface area contributed by atoms with E-state index in [2.05, 4.69) is 31.3 Å². The van der Waals surface area contributed by atoms with Crippen molar-refractivity contribution in [2.24, 2.45) is 11.8 Å². The van der Waals surface area contributed by atoms with Crippen LogP contribution in [0.2, 0.25) is 0 Å². The minimum Gasteiger partial charge on any atom is -0.316 e. The molecule has 2 unspecified atom stereocenters. The quantitative estimate of drug-likeness (QED) is 0.637. The fraction of sp³-hybridized carbons (Fsp3) is 0.818. The predicted molar refractivity (Wildman–Crippen MR) is 54.2 cm³/mol. The first-order valence-corrected chi connectivity index (χ1v) is 5.14. The second-order valence-corrected chi connectivity index (χ2v) is 4.01. The first kappa shape index (κ1) is 9.79. The normalized spacial score (nSPS) is 31.2. The van der Waals surface area contributed by atoms with Gasteiger partial charge in [0.05, 0.1) is 0 Å². The Morgan fingerprint density at radius 3 is 2.92 bits per heavy atom. The van der Waals surface area contributed by atoms with Gasteiger partial charge in [-0.2, -0.15) is 0 Å². The van der Waals surface area contributed by atoms with Gasteiger partial charge in [-0.15, -0.1) is 0 Å². The summed E-state index contributed by atoms with van der Waals surface area (Å²) < 4.78 is 0. The molecule has 12 heavy (non-hydrogen) atoms. The molecule has 70 valence electrons.